The molecule has 1 aliphatic rings. The molecule has 0 saturated carbocycles. The maximum Gasteiger partial charge on any atom is 0.157 e. The number of aryl methyl sites for hydroxylation is 1. The lowest BCUT2D eigenvalue weighted by atomic mass is 10.1. The number of morpholine rings is 1. The molecule has 5 nitrogen and oxygen atoms in total. The van der Waals surface area contributed by atoms with Crippen LogP contribution in [0.4, 0.5) is 0 Å². The van der Waals surface area contributed by atoms with E-state index in [9.17, 15) is 0 Å². The molecule has 2 aromatic rings. The number of ether oxygens (including phenoxy) is 1. The van der Waals surface area contributed by atoms with E-state index < -0.39 is 0 Å². The van der Waals surface area contributed by atoms with Crippen molar-refractivity contribution in [2.24, 2.45) is 7.05 Å². The SMILES string of the molecule is Cn1nc([C@@H]2CNCCO2)c2cccnc21. The molecule has 3 heterocycles. The highest BCUT2D eigenvalue weighted by Crippen LogP contribution is 2.24. The van der Waals surface area contributed by atoms with Crippen molar-refractivity contribution in [3.63, 3.8) is 0 Å². The molecule has 0 aromatic carbocycles. The van der Waals surface area contributed by atoms with Crippen LogP contribution in [-0.2, 0) is 11.8 Å². The van der Waals surface area contributed by atoms with E-state index in [-0.39, 0.29) is 6.10 Å². The zero-order chi connectivity index (χ0) is 11.0. The standard InChI is InChI=1S/C11H14N4O/c1-15-11-8(3-2-4-13-11)10(14-15)9-7-12-5-6-16-9/h2-4,9,12H,5-7H2,1H3/t9-/m0/s1. The molecule has 0 radical (unpaired) electrons. The predicted octanol–water partition coefficient (Wildman–Crippen LogP) is 0.629. The summed E-state index contributed by atoms with van der Waals surface area (Å²) in [5, 5.41) is 8.90. The minimum atomic E-state index is 0.0432. The number of fused-ring (bicyclic) bond motifs is 1. The lowest BCUT2D eigenvalue weighted by Gasteiger charge is -2.22. The maximum absolute atomic E-state index is 5.72. The smallest absolute Gasteiger partial charge is 0.157 e. The number of rotatable bonds is 1. The Hall–Kier alpha value is -1.46. The molecular weight excluding hydrogens is 204 g/mol. The van der Waals surface area contributed by atoms with Crippen LogP contribution in [-0.4, -0.2) is 34.5 Å². The van der Waals surface area contributed by atoms with Gasteiger partial charge in [0.2, 0.25) is 0 Å². The van der Waals surface area contributed by atoms with Crippen LogP contribution in [0.1, 0.15) is 11.8 Å². The molecule has 1 atom stereocenters. The van der Waals surface area contributed by atoms with Gasteiger partial charge in [-0.2, -0.15) is 5.10 Å². The first-order valence-corrected chi connectivity index (χ1v) is 5.46. The average Bonchev–Trinajstić information content (AvgIpc) is 2.69. The van der Waals surface area contributed by atoms with Gasteiger partial charge in [-0.1, -0.05) is 0 Å². The van der Waals surface area contributed by atoms with E-state index >= 15 is 0 Å². The summed E-state index contributed by atoms with van der Waals surface area (Å²) >= 11 is 0. The van der Waals surface area contributed by atoms with Crippen molar-refractivity contribution in [3.05, 3.63) is 24.0 Å². The molecule has 1 saturated heterocycles. The molecular formula is C11H14N4O. The Kier molecular flexibility index (Phi) is 2.34. The van der Waals surface area contributed by atoms with Gasteiger partial charge in [-0.15, -0.1) is 0 Å². The Bertz CT molecular complexity index is 502. The average molecular weight is 218 g/mol. The molecule has 0 unspecified atom stereocenters. The summed E-state index contributed by atoms with van der Waals surface area (Å²) in [5.41, 5.74) is 1.89. The van der Waals surface area contributed by atoms with E-state index in [0.717, 1.165) is 36.4 Å². The van der Waals surface area contributed by atoms with Gasteiger partial charge in [0, 0.05) is 31.7 Å². The van der Waals surface area contributed by atoms with Crippen LogP contribution in [0.5, 0.6) is 0 Å². The van der Waals surface area contributed by atoms with Gasteiger partial charge in [0.25, 0.3) is 0 Å². The Morgan fingerprint density at radius 2 is 2.50 bits per heavy atom. The summed E-state index contributed by atoms with van der Waals surface area (Å²) in [6.07, 6.45) is 1.83. The Morgan fingerprint density at radius 3 is 3.31 bits per heavy atom. The molecule has 5 heteroatoms. The van der Waals surface area contributed by atoms with E-state index in [2.05, 4.69) is 15.4 Å². The number of aromatic nitrogens is 3. The van der Waals surface area contributed by atoms with E-state index in [1.807, 2.05) is 23.9 Å². The molecule has 1 fully saturated rings. The predicted molar refractivity (Wildman–Crippen MR) is 60.1 cm³/mol. The normalized spacial score (nSPS) is 21.4. The van der Waals surface area contributed by atoms with Crippen molar-refractivity contribution >= 4 is 11.0 Å². The zero-order valence-corrected chi connectivity index (χ0v) is 9.18. The quantitative estimate of drug-likeness (QED) is 0.762. The summed E-state index contributed by atoms with van der Waals surface area (Å²) in [5.74, 6) is 0. The van der Waals surface area contributed by atoms with Crippen LogP contribution in [0, 0.1) is 0 Å². The molecule has 16 heavy (non-hydrogen) atoms. The van der Waals surface area contributed by atoms with Crippen LogP contribution in [0.2, 0.25) is 0 Å². The Labute approximate surface area is 93.4 Å². The fourth-order valence-corrected chi connectivity index (χ4v) is 2.10. The first-order valence-electron chi connectivity index (χ1n) is 5.46. The molecule has 0 aliphatic carbocycles. The van der Waals surface area contributed by atoms with Crippen LogP contribution >= 0.6 is 0 Å². The molecule has 0 spiro atoms. The highest BCUT2D eigenvalue weighted by atomic mass is 16.5. The third kappa shape index (κ3) is 1.48. The maximum atomic E-state index is 5.72. The van der Waals surface area contributed by atoms with Gasteiger partial charge in [-0.25, -0.2) is 4.98 Å². The summed E-state index contributed by atoms with van der Waals surface area (Å²) in [6, 6.07) is 3.98. The fourth-order valence-electron chi connectivity index (χ4n) is 2.10. The molecule has 1 aliphatic heterocycles. The van der Waals surface area contributed by atoms with Crippen LogP contribution in [0.25, 0.3) is 11.0 Å². The van der Waals surface area contributed by atoms with Crippen molar-refractivity contribution in [2.75, 3.05) is 19.7 Å². The van der Waals surface area contributed by atoms with Gasteiger partial charge in [0.05, 0.1) is 6.61 Å². The first-order chi connectivity index (χ1) is 7.86. The van der Waals surface area contributed by atoms with Gasteiger partial charge in [-0.05, 0) is 12.1 Å². The van der Waals surface area contributed by atoms with Crippen molar-refractivity contribution in [1.29, 1.82) is 0 Å². The summed E-state index contributed by atoms with van der Waals surface area (Å²) in [6.45, 7) is 2.48. The number of hydrogen-bond acceptors (Lipinski definition) is 4. The third-order valence-corrected chi connectivity index (χ3v) is 2.86. The van der Waals surface area contributed by atoms with Crippen LogP contribution in [0.15, 0.2) is 18.3 Å². The lowest BCUT2D eigenvalue weighted by molar-refractivity contribution is 0.0255. The largest absolute Gasteiger partial charge is 0.369 e. The summed E-state index contributed by atoms with van der Waals surface area (Å²) in [4.78, 5) is 4.32. The second-order valence-electron chi connectivity index (χ2n) is 3.95. The molecule has 84 valence electrons. The van der Waals surface area contributed by atoms with Gasteiger partial charge in [-0.3, -0.25) is 4.68 Å². The molecule has 1 N–H and O–H groups in total. The minimum absolute atomic E-state index is 0.0432. The van der Waals surface area contributed by atoms with Crippen LogP contribution < -0.4 is 5.32 Å². The number of nitrogens with zero attached hydrogens (tertiary/aromatic N) is 3. The van der Waals surface area contributed by atoms with Crippen molar-refractivity contribution in [2.45, 2.75) is 6.10 Å². The molecule has 2 aromatic heterocycles. The van der Waals surface area contributed by atoms with E-state index in [4.69, 9.17) is 4.74 Å². The zero-order valence-electron chi connectivity index (χ0n) is 9.18. The number of pyridine rings is 1. The van der Waals surface area contributed by atoms with E-state index in [1.165, 1.54) is 0 Å². The summed E-state index contributed by atoms with van der Waals surface area (Å²) < 4.78 is 7.53. The molecule has 0 bridgehead atoms. The second-order valence-corrected chi connectivity index (χ2v) is 3.95. The van der Waals surface area contributed by atoms with Gasteiger partial charge in [0.15, 0.2) is 5.65 Å². The Morgan fingerprint density at radius 1 is 1.56 bits per heavy atom. The highest BCUT2D eigenvalue weighted by Gasteiger charge is 2.21. The van der Waals surface area contributed by atoms with Gasteiger partial charge in [0.1, 0.15) is 11.8 Å². The first kappa shape index (κ1) is 9.74. The van der Waals surface area contributed by atoms with Gasteiger partial charge < -0.3 is 10.1 Å². The van der Waals surface area contributed by atoms with Crippen molar-refractivity contribution in [1.82, 2.24) is 20.1 Å². The van der Waals surface area contributed by atoms with Gasteiger partial charge >= 0.3 is 0 Å². The minimum Gasteiger partial charge on any atom is -0.369 e. The van der Waals surface area contributed by atoms with E-state index in [1.54, 1.807) is 6.20 Å². The van der Waals surface area contributed by atoms with Crippen molar-refractivity contribution < 1.29 is 4.74 Å². The Balaban J connectivity index is 2.08. The highest BCUT2D eigenvalue weighted by molar-refractivity contribution is 5.78. The third-order valence-electron chi connectivity index (χ3n) is 2.86. The topological polar surface area (TPSA) is 52.0 Å². The van der Waals surface area contributed by atoms with E-state index in [0.29, 0.717) is 0 Å². The summed E-state index contributed by atoms with van der Waals surface area (Å²) in [7, 11) is 1.91. The molecule has 3 rings (SSSR count). The lowest BCUT2D eigenvalue weighted by Crippen LogP contribution is -2.33. The monoisotopic (exact) mass is 218 g/mol. The van der Waals surface area contributed by atoms with Crippen LogP contribution in [0.3, 0.4) is 0 Å². The molecule has 0 amide bonds. The number of nitrogens with one attached hydrogen (secondary N) is 1. The number of hydrogen-bond donors (Lipinski definition) is 1. The fraction of sp³-hybridized carbons (Fsp3) is 0.455. The van der Waals surface area contributed by atoms with Crippen molar-refractivity contribution in [3.8, 4) is 0 Å². The second kappa shape index (κ2) is 3.84.